The third-order valence-electron chi connectivity index (χ3n) is 4.50. The summed E-state index contributed by atoms with van der Waals surface area (Å²) in [6, 6.07) is 9.36. The maximum Gasteiger partial charge on any atom is 0.161 e. The molecule has 2 bridgehead atoms. The van der Waals surface area contributed by atoms with Crippen molar-refractivity contribution in [3.8, 4) is 11.5 Å². The lowest BCUT2D eigenvalue weighted by atomic mass is 10.0. The molecule has 2 unspecified atom stereocenters. The molecule has 20 heavy (non-hydrogen) atoms. The van der Waals surface area contributed by atoms with E-state index in [2.05, 4.69) is 20.8 Å². The van der Waals surface area contributed by atoms with E-state index in [0.717, 1.165) is 36.7 Å². The summed E-state index contributed by atoms with van der Waals surface area (Å²) in [5.74, 6) is 1.66. The summed E-state index contributed by atoms with van der Waals surface area (Å²) in [7, 11) is 1.68. The second-order valence-corrected chi connectivity index (χ2v) is 6.99. The van der Waals surface area contributed by atoms with Crippen molar-refractivity contribution in [1.82, 2.24) is 4.90 Å². The van der Waals surface area contributed by atoms with Gasteiger partial charge in [0, 0.05) is 23.5 Å². The van der Waals surface area contributed by atoms with Gasteiger partial charge in [-0.25, -0.2) is 0 Å². The number of para-hydroxylation sites is 2. The highest BCUT2D eigenvalue weighted by Crippen LogP contribution is 2.38. The molecule has 0 amide bonds. The van der Waals surface area contributed by atoms with Crippen LogP contribution < -0.4 is 9.47 Å². The van der Waals surface area contributed by atoms with E-state index >= 15 is 0 Å². The normalized spacial score (nSPS) is 29.4. The molecule has 3 rings (SSSR count). The van der Waals surface area contributed by atoms with E-state index in [1.165, 1.54) is 25.7 Å². The minimum atomic E-state index is 0.714. The summed E-state index contributed by atoms with van der Waals surface area (Å²) >= 11 is 3.79. The van der Waals surface area contributed by atoms with Gasteiger partial charge in [0.2, 0.25) is 0 Å². The molecule has 2 saturated heterocycles. The van der Waals surface area contributed by atoms with Crippen molar-refractivity contribution in [3.63, 3.8) is 0 Å². The maximum atomic E-state index is 5.90. The van der Waals surface area contributed by atoms with Crippen LogP contribution in [0, 0.1) is 0 Å². The average Bonchev–Trinajstić information content (AvgIpc) is 2.70. The lowest BCUT2D eigenvalue weighted by molar-refractivity contribution is 0.119. The number of methoxy groups -OCH3 is 1. The highest BCUT2D eigenvalue weighted by atomic mass is 79.9. The SMILES string of the molecule is COc1ccccc1OCCN1C2CCC1CC(Br)C2. The van der Waals surface area contributed by atoms with E-state index in [1.807, 2.05) is 24.3 Å². The molecule has 2 atom stereocenters. The number of ether oxygens (including phenoxy) is 2. The number of benzene rings is 1. The van der Waals surface area contributed by atoms with Gasteiger partial charge in [0.05, 0.1) is 7.11 Å². The Labute approximate surface area is 129 Å². The number of fused-ring (bicyclic) bond motifs is 2. The second kappa shape index (κ2) is 6.35. The quantitative estimate of drug-likeness (QED) is 0.766. The molecular weight excluding hydrogens is 318 g/mol. The molecule has 0 radical (unpaired) electrons. The van der Waals surface area contributed by atoms with Crippen molar-refractivity contribution in [1.29, 1.82) is 0 Å². The van der Waals surface area contributed by atoms with Gasteiger partial charge in [-0.15, -0.1) is 0 Å². The first-order valence-electron chi connectivity index (χ1n) is 7.43. The minimum absolute atomic E-state index is 0.714. The molecule has 0 aromatic heterocycles. The third kappa shape index (κ3) is 2.96. The molecule has 0 spiro atoms. The molecule has 2 aliphatic heterocycles. The smallest absolute Gasteiger partial charge is 0.161 e. The van der Waals surface area contributed by atoms with Crippen LogP contribution in [0.1, 0.15) is 25.7 Å². The van der Waals surface area contributed by atoms with Crippen molar-refractivity contribution in [2.24, 2.45) is 0 Å². The number of hydrogen-bond donors (Lipinski definition) is 0. The van der Waals surface area contributed by atoms with Crippen LogP contribution in [0.25, 0.3) is 0 Å². The summed E-state index contributed by atoms with van der Waals surface area (Å²) < 4.78 is 11.2. The zero-order chi connectivity index (χ0) is 13.9. The Morgan fingerprint density at radius 1 is 1.15 bits per heavy atom. The Hall–Kier alpha value is -0.740. The lowest BCUT2D eigenvalue weighted by Crippen LogP contribution is -2.45. The van der Waals surface area contributed by atoms with Crippen LogP contribution in [0.4, 0.5) is 0 Å². The second-order valence-electron chi connectivity index (χ2n) is 5.69. The summed E-state index contributed by atoms with van der Waals surface area (Å²) in [6.07, 6.45) is 5.26. The number of halogens is 1. The van der Waals surface area contributed by atoms with Gasteiger partial charge < -0.3 is 9.47 Å². The van der Waals surface area contributed by atoms with Crippen LogP contribution in [0.3, 0.4) is 0 Å². The molecule has 0 aliphatic carbocycles. The number of alkyl halides is 1. The predicted molar refractivity (Wildman–Crippen MR) is 84.0 cm³/mol. The summed E-state index contributed by atoms with van der Waals surface area (Å²) in [6.45, 7) is 1.76. The number of rotatable bonds is 5. The number of hydrogen-bond acceptors (Lipinski definition) is 3. The topological polar surface area (TPSA) is 21.7 Å². The Balaban J connectivity index is 1.53. The van der Waals surface area contributed by atoms with Gasteiger partial charge in [-0.1, -0.05) is 28.1 Å². The van der Waals surface area contributed by atoms with Crippen LogP contribution in [0.15, 0.2) is 24.3 Å². The average molecular weight is 340 g/mol. The van der Waals surface area contributed by atoms with E-state index in [4.69, 9.17) is 9.47 Å². The maximum absolute atomic E-state index is 5.90. The molecule has 3 nitrogen and oxygen atoms in total. The fourth-order valence-corrected chi connectivity index (χ4v) is 4.43. The van der Waals surface area contributed by atoms with E-state index in [9.17, 15) is 0 Å². The van der Waals surface area contributed by atoms with Gasteiger partial charge in [-0.05, 0) is 37.8 Å². The standard InChI is InChI=1S/C16H22BrNO2/c1-19-15-4-2-3-5-16(15)20-9-8-18-13-6-7-14(18)11-12(17)10-13/h2-5,12-14H,6-11H2,1H3. The molecule has 1 aromatic carbocycles. The summed E-state index contributed by atoms with van der Waals surface area (Å²) in [5.41, 5.74) is 0. The highest BCUT2D eigenvalue weighted by molar-refractivity contribution is 9.09. The van der Waals surface area contributed by atoms with Crippen molar-refractivity contribution >= 4 is 15.9 Å². The van der Waals surface area contributed by atoms with Gasteiger partial charge in [-0.2, -0.15) is 0 Å². The summed E-state index contributed by atoms with van der Waals surface area (Å²) in [5, 5.41) is 0. The first kappa shape index (κ1) is 14.2. The van der Waals surface area contributed by atoms with E-state index < -0.39 is 0 Å². The Morgan fingerprint density at radius 2 is 1.80 bits per heavy atom. The largest absolute Gasteiger partial charge is 0.493 e. The van der Waals surface area contributed by atoms with Crippen molar-refractivity contribution in [2.75, 3.05) is 20.3 Å². The molecule has 110 valence electrons. The van der Waals surface area contributed by atoms with Crippen LogP contribution in [-0.2, 0) is 0 Å². The van der Waals surface area contributed by atoms with Gasteiger partial charge in [0.1, 0.15) is 6.61 Å². The van der Waals surface area contributed by atoms with E-state index in [1.54, 1.807) is 7.11 Å². The van der Waals surface area contributed by atoms with Crippen molar-refractivity contribution in [3.05, 3.63) is 24.3 Å². The lowest BCUT2D eigenvalue weighted by Gasteiger charge is -2.37. The minimum Gasteiger partial charge on any atom is -0.493 e. The van der Waals surface area contributed by atoms with E-state index in [-0.39, 0.29) is 0 Å². The van der Waals surface area contributed by atoms with E-state index in [0.29, 0.717) is 4.83 Å². The Morgan fingerprint density at radius 3 is 2.45 bits per heavy atom. The van der Waals surface area contributed by atoms with Crippen LogP contribution >= 0.6 is 15.9 Å². The van der Waals surface area contributed by atoms with Gasteiger partial charge in [-0.3, -0.25) is 4.90 Å². The fraction of sp³-hybridized carbons (Fsp3) is 0.625. The van der Waals surface area contributed by atoms with Crippen LogP contribution in [-0.4, -0.2) is 42.1 Å². The fourth-order valence-electron chi connectivity index (χ4n) is 3.57. The highest BCUT2D eigenvalue weighted by Gasteiger charge is 2.39. The molecule has 2 aliphatic rings. The third-order valence-corrected chi connectivity index (χ3v) is 5.25. The molecule has 0 N–H and O–H groups in total. The van der Waals surface area contributed by atoms with Gasteiger partial charge in [0.15, 0.2) is 11.5 Å². The first-order chi connectivity index (χ1) is 9.78. The van der Waals surface area contributed by atoms with Crippen molar-refractivity contribution < 1.29 is 9.47 Å². The predicted octanol–water partition coefficient (Wildman–Crippen LogP) is 3.46. The molecule has 0 saturated carbocycles. The first-order valence-corrected chi connectivity index (χ1v) is 8.35. The van der Waals surface area contributed by atoms with Crippen LogP contribution in [0.5, 0.6) is 11.5 Å². The number of nitrogens with zero attached hydrogens (tertiary/aromatic N) is 1. The van der Waals surface area contributed by atoms with Crippen molar-refractivity contribution in [2.45, 2.75) is 42.6 Å². The molecule has 1 aromatic rings. The van der Waals surface area contributed by atoms with Crippen LogP contribution in [0.2, 0.25) is 0 Å². The number of piperidine rings is 1. The molecule has 2 heterocycles. The van der Waals surface area contributed by atoms with Gasteiger partial charge in [0.25, 0.3) is 0 Å². The molecular formula is C16H22BrNO2. The Bertz CT molecular complexity index is 440. The molecule has 2 fully saturated rings. The van der Waals surface area contributed by atoms with Gasteiger partial charge >= 0.3 is 0 Å². The monoisotopic (exact) mass is 339 g/mol. The molecule has 4 heteroatoms. The Kier molecular flexibility index (Phi) is 4.51. The zero-order valence-corrected chi connectivity index (χ0v) is 13.5. The zero-order valence-electron chi connectivity index (χ0n) is 11.9. The summed E-state index contributed by atoms with van der Waals surface area (Å²) in [4.78, 5) is 3.36.